The summed E-state index contributed by atoms with van der Waals surface area (Å²) in [4.78, 5) is 12.4. The van der Waals surface area contributed by atoms with Crippen molar-refractivity contribution in [2.75, 3.05) is 5.32 Å². The quantitative estimate of drug-likeness (QED) is 0.484. The van der Waals surface area contributed by atoms with E-state index in [0.717, 1.165) is 10.8 Å². The van der Waals surface area contributed by atoms with E-state index in [1.807, 2.05) is 42.5 Å². The van der Waals surface area contributed by atoms with Gasteiger partial charge in [-0.05, 0) is 29.7 Å². The van der Waals surface area contributed by atoms with Gasteiger partial charge in [-0.25, -0.2) is 4.39 Å². The molecule has 1 amide bonds. The fourth-order valence-electron chi connectivity index (χ4n) is 2.45. The molecule has 0 aromatic heterocycles. The number of rotatable bonds is 3. The Morgan fingerprint density at radius 2 is 1.88 bits per heavy atom. The van der Waals surface area contributed by atoms with Gasteiger partial charge in [0, 0.05) is 21.1 Å². The molecular formula is C20H12BrFN2O. The van der Waals surface area contributed by atoms with Gasteiger partial charge in [0.25, 0.3) is 5.91 Å². The number of nitriles is 1. The Bertz CT molecular complexity index is 1030. The van der Waals surface area contributed by atoms with Crippen LogP contribution in [0.4, 0.5) is 10.1 Å². The van der Waals surface area contributed by atoms with Gasteiger partial charge < -0.3 is 5.32 Å². The first-order valence-corrected chi connectivity index (χ1v) is 8.24. The first-order chi connectivity index (χ1) is 12.1. The summed E-state index contributed by atoms with van der Waals surface area (Å²) in [5, 5.41) is 13.8. The molecule has 0 fully saturated rings. The molecule has 122 valence electrons. The van der Waals surface area contributed by atoms with Crippen molar-refractivity contribution in [3.8, 4) is 6.07 Å². The number of nitrogens with zero attached hydrogens (tertiary/aromatic N) is 1. The van der Waals surface area contributed by atoms with Gasteiger partial charge in [0.15, 0.2) is 0 Å². The summed E-state index contributed by atoms with van der Waals surface area (Å²) in [6.45, 7) is 0. The molecule has 0 aliphatic carbocycles. The van der Waals surface area contributed by atoms with Gasteiger partial charge in [0.2, 0.25) is 0 Å². The second-order valence-electron chi connectivity index (χ2n) is 5.32. The molecule has 0 atom stereocenters. The highest BCUT2D eigenvalue weighted by Crippen LogP contribution is 2.24. The lowest BCUT2D eigenvalue weighted by atomic mass is 10.1. The number of halogens is 2. The van der Waals surface area contributed by atoms with E-state index in [2.05, 4.69) is 21.2 Å². The van der Waals surface area contributed by atoms with E-state index < -0.39 is 11.7 Å². The minimum absolute atomic E-state index is 0.172. The maximum atomic E-state index is 13.9. The Kier molecular flexibility index (Phi) is 4.92. The van der Waals surface area contributed by atoms with Crippen molar-refractivity contribution in [2.45, 2.75) is 0 Å². The maximum absolute atomic E-state index is 13.9. The number of carbonyl (C=O) groups excluding carboxylic acids is 1. The summed E-state index contributed by atoms with van der Waals surface area (Å²) in [5.74, 6) is -1.10. The topological polar surface area (TPSA) is 52.9 Å². The molecule has 3 rings (SSSR count). The fraction of sp³-hybridized carbons (Fsp3) is 0. The number of carbonyl (C=O) groups is 1. The Morgan fingerprint density at radius 3 is 2.64 bits per heavy atom. The normalized spacial score (nSPS) is 11.2. The smallest absolute Gasteiger partial charge is 0.266 e. The Morgan fingerprint density at radius 1 is 1.12 bits per heavy atom. The molecule has 1 N–H and O–H groups in total. The van der Waals surface area contributed by atoms with Crippen LogP contribution in [-0.2, 0) is 4.79 Å². The molecule has 0 saturated heterocycles. The number of anilines is 1. The van der Waals surface area contributed by atoms with Crippen LogP contribution < -0.4 is 5.32 Å². The zero-order valence-electron chi connectivity index (χ0n) is 13.0. The first-order valence-electron chi connectivity index (χ1n) is 7.44. The SMILES string of the molecule is N#C/C(=C\c1ccc(Br)cc1F)C(=O)Nc1cccc2ccccc12. The average molecular weight is 395 g/mol. The summed E-state index contributed by atoms with van der Waals surface area (Å²) in [6, 6.07) is 19.4. The van der Waals surface area contributed by atoms with Crippen molar-refractivity contribution in [3.63, 3.8) is 0 Å². The molecule has 0 unspecified atom stereocenters. The minimum atomic E-state index is -0.582. The molecule has 3 aromatic rings. The predicted molar refractivity (Wildman–Crippen MR) is 100 cm³/mol. The van der Waals surface area contributed by atoms with E-state index in [1.54, 1.807) is 12.1 Å². The summed E-state index contributed by atoms with van der Waals surface area (Å²) in [7, 11) is 0. The highest BCUT2D eigenvalue weighted by Gasteiger charge is 2.12. The molecule has 0 radical (unpaired) electrons. The number of fused-ring (bicyclic) bond motifs is 1. The van der Waals surface area contributed by atoms with Gasteiger partial charge >= 0.3 is 0 Å². The van der Waals surface area contributed by atoms with Gasteiger partial charge in [0.05, 0.1) is 0 Å². The lowest BCUT2D eigenvalue weighted by molar-refractivity contribution is -0.112. The van der Waals surface area contributed by atoms with E-state index in [4.69, 9.17) is 0 Å². The molecule has 3 nitrogen and oxygen atoms in total. The third-order valence-corrected chi connectivity index (χ3v) is 4.16. The van der Waals surface area contributed by atoms with Gasteiger partial charge in [-0.3, -0.25) is 4.79 Å². The van der Waals surface area contributed by atoms with Gasteiger partial charge in [0.1, 0.15) is 17.5 Å². The van der Waals surface area contributed by atoms with E-state index in [1.165, 1.54) is 18.2 Å². The summed E-state index contributed by atoms with van der Waals surface area (Å²) < 4.78 is 14.5. The zero-order valence-corrected chi connectivity index (χ0v) is 14.5. The van der Waals surface area contributed by atoms with Crippen molar-refractivity contribution in [3.05, 3.63) is 82.1 Å². The largest absolute Gasteiger partial charge is 0.321 e. The minimum Gasteiger partial charge on any atom is -0.321 e. The second-order valence-corrected chi connectivity index (χ2v) is 6.23. The van der Waals surface area contributed by atoms with Gasteiger partial charge in [-0.15, -0.1) is 0 Å². The van der Waals surface area contributed by atoms with E-state index in [-0.39, 0.29) is 11.1 Å². The van der Waals surface area contributed by atoms with Crippen molar-refractivity contribution < 1.29 is 9.18 Å². The molecule has 0 aliphatic heterocycles. The van der Waals surface area contributed by atoms with Crippen LogP contribution in [0.3, 0.4) is 0 Å². The van der Waals surface area contributed by atoms with Crippen LogP contribution in [-0.4, -0.2) is 5.91 Å². The van der Waals surface area contributed by atoms with Crippen LogP contribution >= 0.6 is 15.9 Å². The van der Waals surface area contributed by atoms with E-state index in [9.17, 15) is 14.4 Å². The Balaban J connectivity index is 1.93. The molecule has 0 aliphatic rings. The molecule has 0 heterocycles. The van der Waals surface area contributed by atoms with Crippen LogP contribution in [0.25, 0.3) is 16.8 Å². The van der Waals surface area contributed by atoms with Gasteiger partial charge in [-0.2, -0.15) is 5.26 Å². The summed E-state index contributed by atoms with van der Waals surface area (Å²) in [5.41, 5.74) is 0.600. The number of benzene rings is 3. The molecule has 25 heavy (non-hydrogen) atoms. The van der Waals surface area contributed by atoms with Crippen molar-refractivity contribution >= 4 is 44.4 Å². The standard InChI is InChI=1S/C20H12BrFN2O/c21-16-9-8-14(18(22)11-16)10-15(12-23)20(25)24-19-7-3-5-13-4-1-2-6-17(13)19/h1-11H,(H,24,25)/b15-10+. The van der Waals surface area contributed by atoms with E-state index in [0.29, 0.717) is 10.2 Å². The first kappa shape index (κ1) is 16.9. The summed E-state index contributed by atoms with van der Waals surface area (Å²) in [6.07, 6.45) is 1.24. The third-order valence-electron chi connectivity index (χ3n) is 3.67. The lowest BCUT2D eigenvalue weighted by Crippen LogP contribution is -2.13. The zero-order chi connectivity index (χ0) is 17.8. The average Bonchev–Trinajstić information content (AvgIpc) is 2.61. The number of hydrogen-bond donors (Lipinski definition) is 1. The van der Waals surface area contributed by atoms with Crippen molar-refractivity contribution in [2.24, 2.45) is 0 Å². The maximum Gasteiger partial charge on any atom is 0.266 e. The van der Waals surface area contributed by atoms with Crippen molar-refractivity contribution in [1.82, 2.24) is 0 Å². The Hall–Kier alpha value is -2.97. The summed E-state index contributed by atoms with van der Waals surface area (Å²) >= 11 is 3.17. The monoisotopic (exact) mass is 394 g/mol. The molecular weight excluding hydrogens is 383 g/mol. The van der Waals surface area contributed by atoms with Crippen molar-refractivity contribution in [1.29, 1.82) is 5.26 Å². The number of hydrogen-bond acceptors (Lipinski definition) is 2. The van der Waals surface area contributed by atoms with Crippen LogP contribution in [0, 0.1) is 17.1 Å². The van der Waals surface area contributed by atoms with E-state index >= 15 is 0 Å². The van der Waals surface area contributed by atoms with Crippen LogP contribution in [0.15, 0.2) is 70.7 Å². The van der Waals surface area contributed by atoms with Gasteiger partial charge in [-0.1, -0.05) is 58.4 Å². The fourth-order valence-corrected chi connectivity index (χ4v) is 2.78. The molecule has 0 spiro atoms. The number of amides is 1. The highest BCUT2D eigenvalue weighted by molar-refractivity contribution is 9.10. The molecule has 0 saturated carbocycles. The second kappa shape index (κ2) is 7.29. The molecule has 5 heteroatoms. The van der Waals surface area contributed by atoms with Crippen LogP contribution in [0.5, 0.6) is 0 Å². The predicted octanol–water partition coefficient (Wildman–Crippen LogP) is 5.29. The number of nitrogens with one attached hydrogen (secondary N) is 1. The Labute approximate surface area is 152 Å². The third kappa shape index (κ3) is 3.76. The van der Waals surface area contributed by atoms with Crippen LogP contribution in [0.1, 0.15) is 5.56 Å². The molecule has 0 bridgehead atoms. The van der Waals surface area contributed by atoms with Crippen LogP contribution in [0.2, 0.25) is 0 Å². The highest BCUT2D eigenvalue weighted by atomic mass is 79.9. The lowest BCUT2D eigenvalue weighted by Gasteiger charge is -2.08. The molecule has 3 aromatic carbocycles.